The van der Waals surface area contributed by atoms with Crippen LogP contribution in [0.3, 0.4) is 0 Å². The summed E-state index contributed by atoms with van der Waals surface area (Å²) in [6.07, 6.45) is 0. The van der Waals surface area contributed by atoms with Crippen molar-refractivity contribution in [2.24, 2.45) is 5.41 Å². The fourth-order valence-corrected chi connectivity index (χ4v) is 2.74. The van der Waals surface area contributed by atoms with Gasteiger partial charge in [0, 0.05) is 22.9 Å². The Labute approximate surface area is 153 Å². The molecule has 0 aliphatic rings. The standard InChI is InChI=1S/C22H23NO3/c1-22(2,3)20(24)15-26-21(25)19-13-17-11-7-8-12-18(17)23(19)14-16-9-5-4-6-10-16/h4-13H,14-15H2,1-3H3. The van der Waals surface area contributed by atoms with Gasteiger partial charge < -0.3 is 9.30 Å². The molecule has 1 aromatic heterocycles. The molecule has 0 radical (unpaired) electrons. The Kier molecular flexibility index (Phi) is 4.94. The summed E-state index contributed by atoms with van der Waals surface area (Å²) in [6, 6.07) is 19.6. The van der Waals surface area contributed by atoms with E-state index < -0.39 is 11.4 Å². The zero-order valence-corrected chi connectivity index (χ0v) is 15.4. The molecule has 0 aliphatic carbocycles. The van der Waals surface area contributed by atoms with Crippen LogP contribution in [0, 0.1) is 5.41 Å². The van der Waals surface area contributed by atoms with E-state index in [0.717, 1.165) is 16.5 Å². The van der Waals surface area contributed by atoms with Gasteiger partial charge in [-0.15, -0.1) is 0 Å². The zero-order valence-electron chi connectivity index (χ0n) is 15.4. The van der Waals surface area contributed by atoms with Gasteiger partial charge in [-0.05, 0) is 17.7 Å². The van der Waals surface area contributed by atoms with Gasteiger partial charge >= 0.3 is 5.97 Å². The van der Waals surface area contributed by atoms with Gasteiger partial charge in [-0.1, -0.05) is 69.3 Å². The maximum Gasteiger partial charge on any atom is 0.355 e. The molecule has 0 amide bonds. The maximum absolute atomic E-state index is 12.7. The van der Waals surface area contributed by atoms with Crippen LogP contribution in [0.25, 0.3) is 10.9 Å². The number of rotatable bonds is 5. The molecule has 1 heterocycles. The second-order valence-electron chi connectivity index (χ2n) is 7.41. The van der Waals surface area contributed by atoms with Crippen LogP contribution in [0.5, 0.6) is 0 Å². The molecule has 0 N–H and O–H groups in total. The SMILES string of the molecule is CC(C)(C)C(=O)COC(=O)c1cc2ccccc2n1Cc1ccccc1. The van der Waals surface area contributed by atoms with Crippen LogP contribution in [0.15, 0.2) is 60.7 Å². The van der Waals surface area contributed by atoms with Gasteiger partial charge in [0.25, 0.3) is 0 Å². The molecule has 3 rings (SSSR count). The summed E-state index contributed by atoms with van der Waals surface area (Å²) in [7, 11) is 0. The molecule has 4 heteroatoms. The largest absolute Gasteiger partial charge is 0.453 e. The smallest absolute Gasteiger partial charge is 0.355 e. The monoisotopic (exact) mass is 349 g/mol. The normalized spacial score (nSPS) is 11.5. The number of carbonyl (C=O) groups excluding carboxylic acids is 2. The van der Waals surface area contributed by atoms with Crippen molar-refractivity contribution < 1.29 is 14.3 Å². The van der Waals surface area contributed by atoms with E-state index in [0.29, 0.717) is 12.2 Å². The molecule has 0 saturated carbocycles. The summed E-state index contributed by atoms with van der Waals surface area (Å²) in [5.41, 5.74) is 1.98. The number of esters is 1. The van der Waals surface area contributed by atoms with E-state index in [9.17, 15) is 9.59 Å². The van der Waals surface area contributed by atoms with E-state index in [1.54, 1.807) is 0 Å². The topological polar surface area (TPSA) is 48.3 Å². The van der Waals surface area contributed by atoms with Crippen LogP contribution < -0.4 is 0 Å². The number of hydrogen-bond acceptors (Lipinski definition) is 3. The second-order valence-corrected chi connectivity index (χ2v) is 7.41. The van der Waals surface area contributed by atoms with Crippen LogP contribution >= 0.6 is 0 Å². The van der Waals surface area contributed by atoms with E-state index in [1.165, 1.54) is 0 Å². The predicted octanol–water partition coefficient (Wildman–Crippen LogP) is 4.46. The van der Waals surface area contributed by atoms with Crippen molar-refractivity contribution in [2.45, 2.75) is 27.3 Å². The van der Waals surface area contributed by atoms with E-state index in [1.807, 2.05) is 86.0 Å². The van der Waals surface area contributed by atoms with Crippen LogP contribution in [0.2, 0.25) is 0 Å². The average Bonchev–Trinajstić information content (AvgIpc) is 2.98. The number of aromatic nitrogens is 1. The first kappa shape index (κ1) is 17.9. The van der Waals surface area contributed by atoms with Gasteiger partial charge in [-0.3, -0.25) is 4.79 Å². The lowest BCUT2D eigenvalue weighted by atomic mass is 9.91. The molecule has 2 aromatic carbocycles. The van der Waals surface area contributed by atoms with E-state index in [2.05, 4.69) is 0 Å². The number of nitrogens with zero attached hydrogens (tertiary/aromatic N) is 1. The first-order chi connectivity index (χ1) is 12.4. The summed E-state index contributed by atoms with van der Waals surface area (Å²) < 4.78 is 7.25. The third-order valence-electron chi connectivity index (χ3n) is 4.37. The van der Waals surface area contributed by atoms with Crippen LogP contribution in [0.4, 0.5) is 0 Å². The van der Waals surface area contributed by atoms with Crippen molar-refractivity contribution in [2.75, 3.05) is 6.61 Å². The highest BCUT2D eigenvalue weighted by Gasteiger charge is 2.24. The highest BCUT2D eigenvalue weighted by Crippen LogP contribution is 2.22. The van der Waals surface area contributed by atoms with Crippen molar-refractivity contribution in [3.63, 3.8) is 0 Å². The number of hydrogen-bond donors (Lipinski definition) is 0. The number of benzene rings is 2. The Morgan fingerprint density at radius 3 is 2.31 bits per heavy atom. The number of fused-ring (bicyclic) bond motifs is 1. The second kappa shape index (κ2) is 7.16. The van der Waals surface area contributed by atoms with Crippen molar-refractivity contribution in [1.82, 2.24) is 4.57 Å². The first-order valence-electron chi connectivity index (χ1n) is 8.69. The average molecular weight is 349 g/mol. The van der Waals surface area contributed by atoms with Crippen LogP contribution in [-0.2, 0) is 16.1 Å². The number of ether oxygens (including phenoxy) is 1. The summed E-state index contributed by atoms with van der Waals surface area (Å²) >= 11 is 0. The molecule has 134 valence electrons. The number of ketones is 1. The van der Waals surface area contributed by atoms with Crippen LogP contribution in [0.1, 0.15) is 36.8 Å². The molecule has 4 nitrogen and oxygen atoms in total. The van der Waals surface area contributed by atoms with Gasteiger partial charge in [0.2, 0.25) is 0 Å². The van der Waals surface area contributed by atoms with Gasteiger partial charge in [0.1, 0.15) is 5.69 Å². The molecule has 0 atom stereocenters. The summed E-state index contributed by atoms with van der Waals surface area (Å²) in [4.78, 5) is 24.7. The summed E-state index contributed by atoms with van der Waals surface area (Å²) in [6.45, 7) is 5.79. The Hall–Kier alpha value is -2.88. The Morgan fingerprint density at radius 2 is 1.62 bits per heavy atom. The van der Waals surface area contributed by atoms with E-state index in [4.69, 9.17) is 4.74 Å². The number of carbonyl (C=O) groups is 2. The number of Topliss-reactive ketones (excluding diaryl/α,β-unsaturated/α-hetero) is 1. The molecule has 0 spiro atoms. The third kappa shape index (κ3) is 3.85. The van der Waals surface area contributed by atoms with Crippen molar-refractivity contribution >= 4 is 22.7 Å². The lowest BCUT2D eigenvalue weighted by molar-refractivity contribution is -0.129. The number of para-hydroxylation sites is 1. The van der Waals surface area contributed by atoms with E-state index >= 15 is 0 Å². The minimum absolute atomic E-state index is 0.100. The fourth-order valence-electron chi connectivity index (χ4n) is 2.74. The summed E-state index contributed by atoms with van der Waals surface area (Å²) in [5.74, 6) is -0.577. The highest BCUT2D eigenvalue weighted by atomic mass is 16.5. The van der Waals surface area contributed by atoms with Crippen molar-refractivity contribution in [3.8, 4) is 0 Å². The molecule has 26 heavy (non-hydrogen) atoms. The molecular weight excluding hydrogens is 326 g/mol. The Bertz CT molecular complexity index is 933. The minimum atomic E-state index is -0.531. The van der Waals surface area contributed by atoms with Gasteiger partial charge in [0.05, 0.1) is 0 Å². The van der Waals surface area contributed by atoms with Crippen LogP contribution in [-0.4, -0.2) is 22.9 Å². The molecule has 0 unspecified atom stereocenters. The van der Waals surface area contributed by atoms with Crippen molar-refractivity contribution in [1.29, 1.82) is 0 Å². The van der Waals surface area contributed by atoms with E-state index in [-0.39, 0.29) is 12.4 Å². The first-order valence-corrected chi connectivity index (χ1v) is 8.69. The minimum Gasteiger partial charge on any atom is -0.453 e. The third-order valence-corrected chi connectivity index (χ3v) is 4.37. The predicted molar refractivity (Wildman–Crippen MR) is 102 cm³/mol. The fraction of sp³-hybridized carbons (Fsp3) is 0.273. The Morgan fingerprint density at radius 1 is 0.962 bits per heavy atom. The molecule has 0 bridgehead atoms. The van der Waals surface area contributed by atoms with Gasteiger partial charge in [-0.2, -0.15) is 0 Å². The lowest BCUT2D eigenvalue weighted by Gasteiger charge is -2.16. The molecule has 0 fully saturated rings. The quantitative estimate of drug-likeness (QED) is 0.639. The molecule has 0 saturated heterocycles. The van der Waals surface area contributed by atoms with Crippen molar-refractivity contribution in [3.05, 3.63) is 71.9 Å². The zero-order chi connectivity index (χ0) is 18.7. The molecule has 0 aliphatic heterocycles. The van der Waals surface area contributed by atoms with Gasteiger partial charge in [0.15, 0.2) is 12.4 Å². The molecule has 3 aromatic rings. The Balaban J connectivity index is 1.91. The highest BCUT2D eigenvalue weighted by molar-refractivity contribution is 5.97. The lowest BCUT2D eigenvalue weighted by Crippen LogP contribution is -2.27. The summed E-state index contributed by atoms with van der Waals surface area (Å²) in [5, 5.41) is 0.970. The maximum atomic E-state index is 12.7. The van der Waals surface area contributed by atoms with Gasteiger partial charge in [-0.25, -0.2) is 4.79 Å². The molecular formula is C22H23NO3.